The summed E-state index contributed by atoms with van der Waals surface area (Å²) < 4.78 is 89.0. The van der Waals surface area contributed by atoms with Crippen LogP contribution in [-0.2, 0) is 14.8 Å². The number of amides is 1. The number of hydrogen-bond donors (Lipinski definition) is 1. The van der Waals surface area contributed by atoms with E-state index < -0.39 is 27.6 Å². The molecule has 20 heavy (non-hydrogen) atoms. The smallest absolute Gasteiger partial charge is 0.331 e. The zero-order valence-corrected chi connectivity index (χ0v) is 11.9. The van der Waals surface area contributed by atoms with Crippen molar-refractivity contribution in [2.45, 2.75) is 18.6 Å². The fraction of sp³-hybridized carbons (Fsp3) is 0.875. The van der Waals surface area contributed by atoms with E-state index in [1.807, 2.05) is 0 Å². The van der Waals surface area contributed by atoms with Gasteiger partial charge in [0.2, 0.25) is 0 Å². The van der Waals surface area contributed by atoms with Gasteiger partial charge in [-0.3, -0.25) is 4.79 Å². The highest BCUT2D eigenvalue weighted by atomic mass is 32.2. The second-order valence-electron chi connectivity index (χ2n) is 4.48. The largest absolute Gasteiger partial charge is 0.516 e. The Balaban J connectivity index is 0. The summed E-state index contributed by atoms with van der Waals surface area (Å²) in [7, 11) is 0.242. The van der Waals surface area contributed by atoms with E-state index in [-0.39, 0.29) is 4.72 Å². The summed E-state index contributed by atoms with van der Waals surface area (Å²) in [5.41, 5.74) is -5.96. The molecular weight excluding hydrogens is 318 g/mol. The predicted octanol–water partition coefficient (Wildman–Crippen LogP) is 1.23. The van der Waals surface area contributed by atoms with Crippen molar-refractivity contribution in [2.24, 2.45) is 0 Å². The third-order valence-corrected chi connectivity index (χ3v) is 2.80. The number of sulfonamides is 1. The van der Waals surface area contributed by atoms with Gasteiger partial charge >= 0.3 is 27.6 Å². The second kappa shape index (κ2) is 6.61. The lowest BCUT2D eigenvalue weighted by molar-refractivity contribution is -0.868. The summed E-state index contributed by atoms with van der Waals surface area (Å²) in [5.74, 6) is -3.20. The molecular formula is C8H15F6N2O3S+. The predicted molar refractivity (Wildman–Crippen MR) is 57.7 cm³/mol. The number of quaternary nitrogens is 1. The molecule has 0 unspecified atom stereocenters. The van der Waals surface area contributed by atoms with Gasteiger partial charge in [-0.05, 0) is 6.92 Å². The molecule has 0 aromatic carbocycles. The number of nitrogens with one attached hydrogen (secondary N) is 1. The van der Waals surface area contributed by atoms with E-state index in [0.717, 1.165) is 4.48 Å². The molecule has 0 bridgehead atoms. The first-order chi connectivity index (χ1) is 8.44. The minimum Gasteiger partial charge on any atom is -0.331 e. The summed E-state index contributed by atoms with van der Waals surface area (Å²) in [6, 6.07) is 0. The maximum Gasteiger partial charge on any atom is 0.516 e. The quantitative estimate of drug-likeness (QED) is 0.611. The minimum atomic E-state index is -6.30. The molecule has 0 aliphatic carbocycles. The molecule has 0 aliphatic rings. The molecule has 5 nitrogen and oxygen atoms in total. The zero-order valence-electron chi connectivity index (χ0n) is 11.1. The molecule has 0 atom stereocenters. The van der Waals surface area contributed by atoms with E-state index in [0.29, 0.717) is 0 Å². The van der Waals surface area contributed by atoms with Crippen molar-refractivity contribution in [3.8, 4) is 0 Å². The van der Waals surface area contributed by atoms with Gasteiger partial charge in [-0.2, -0.15) is 34.8 Å². The number of carbonyl (C=O) groups is 1. The van der Waals surface area contributed by atoms with Crippen molar-refractivity contribution in [3.63, 3.8) is 0 Å². The van der Waals surface area contributed by atoms with Crippen LogP contribution in [0.15, 0.2) is 0 Å². The van der Waals surface area contributed by atoms with E-state index in [4.69, 9.17) is 0 Å². The van der Waals surface area contributed by atoms with E-state index in [2.05, 4.69) is 28.1 Å². The standard InChI is InChI=1S/C5H14N.C3HF6NO3S/c1-5-6(2,3)4;4-2(5,6)1(11)10-14(12,13)3(7,8)9/h5H2,1-4H3;(H,10,11)/q+1;. The lowest BCUT2D eigenvalue weighted by Gasteiger charge is -2.20. The number of alkyl halides is 6. The van der Waals surface area contributed by atoms with Crippen LogP contribution in [0, 0.1) is 0 Å². The highest BCUT2D eigenvalue weighted by Crippen LogP contribution is 2.23. The van der Waals surface area contributed by atoms with Crippen LogP contribution in [0.2, 0.25) is 0 Å². The van der Waals surface area contributed by atoms with Gasteiger partial charge in [-0.1, -0.05) is 0 Å². The Kier molecular flexibility index (Phi) is 7.03. The molecule has 0 aliphatic heterocycles. The van der Waals surface area contributed by atoms with Gasteiger partial charge in [0.15, 0.2) is 0 Å². The Morgan fingerprint density at radius 1 is 1.05 bits per heavy atom. The van der Waals surface area contributed by atoms with Crippen molar-refractivity contribution in [1.29, 1.82) is 0 Å². The molecule has 0 aromatic heterocycles. The molecule has 0 rings (SSSR count). The lowest BCUT2D eigenvalue weighted by atomic mass is 10.6. The highest BCUT2D eigenvalue weighted by Gasteiger charge is 2.51. The number of nitrogens with zero attached hydrogens (tertiary/aromatic N) is 1. The Morgan fingerprint density at radius 3 is 1.50 bits per heavy atom. The van der Waals surface area contributed by atoms with E-state index >= 15 is 0 Å². The summed E-state index contributed by atoms with van der Waals surface area (Å²) in [6.07, 6.45) is -5.70. The fourth-order valence-electron chi connectivity index (χ4n) is 0.238. The number of hydrogen-bond acceptors (Lipinski definition) is 3. The van der Waals surface area contributed by atoms with E-state index in [1.165, 1.54) is 6.54 Å². The van der Waals surface area contributed by atoms with Gasteiger partial charge in [0, 0.05) is 0 Å². The van der Waals surface area contributed by atoms with Crippen molar-refractivity contribution in [1.82, 2.24) is 4.72 Å². The summed E-state index contributed by atoms with van der Waals surface area (Å²) in [4.78, 5) is 9.81. The first-order valence-electron chi connectivity index (χ1n) is 4.94. The monoisotopic (exact) mass is 333 g/mol. The van der Waals surface area contributed by atoms with Gasteiger partial charge in [0.05, 0.1) is 27.7 Å². The van der Waals surface area contributed by atoms with E-state index in [1.54, 1.807) is 0 Å². The maximum absolute atomic E-state index is 11.4. The Bertz CT molecular complexity index is 421. The van der Waals surface area contributed by atoms with Crippen molar-refractivity contribution >= 4 is 15.9 Å². The third kappa shape index (κ3) is 8.96. The minimum absolute atomic E-state index is 0.181. The summed E-state index contributed by atoms with van der Waals surface area (Å²) >= 11 is 0. The first-order valence-corrected chi connectivity index (χ1v) is 6.43. The highest BCUT2D eigenvalue weighted by molar-refractivity contribution is 7.90. The maximum atomic E-state index is 11.4. The second-order valence-corrected chi connectivity index (χ2v) is 6.16. The van der Waals surface area contributed by atoms with Crippen molar-refractivity contribution < 1.29 is 44.0 Å². The number of rotatable bonds is 2. The molecule has 1 amide bonds. The molecule has 0 spiro atoms. The summed E-state index contributed by atoms with van der Waals surface area (Å²) in [5, 5.41) is 0. The van der Waals surface area contributed by atoms with Gasteiger partial charge in [0.1, 0.15) is 0 Å². The molecule has 122 valence electrons. The zero-order chi connectivity index (χ0) is 17.0. The molecule has 0 heterocycles. The summed E-state index contributed by atoms with van der Waals surface area (Å²) in [6.45, 7) is 3.39. The molecule has 0 fully saturated rings. The molecule has 0 aromatic rings. The van der Waals surface area contributed by atoms with Gasteiger partial charge < -0.3 is 4.48 Å². The van der Waals surface area contributed by atoms with Gasteiger partial charge in [-0.15, -0.1) is 0 Å². The Morgan fingerprint density at radius 2 is 1.35 bits per heavy atom. The topological polar surface area (TPSA) is 63.2 Å². The molecule has 1 N–H and O–H groups in total. The van der Waals surface area contributed by atoms with Crippen LogP contribution in [-0.4, -0.2) is 58.2 Å². The number of halogens is 6. The normalized spacial score (nSPS) is 13.3. The van der Waals surface area contributed by atoms with E-state index in [9.17, 15) is 39.6 Å². The number of carbonyl (C=O) groups excluding carboxylic acids is 1. The van der Waals surface area contributed by atoms with Gasteiger partial charge in [-0.25, -0.2) is 4.72 Å². The van der Waals surface area contributed by atoms with Crippen LogP contribution in [0.3, 0.4) is 0 Å². The van der Waals surface area contributed by atoms with Crippen molar-refractivity contribution in [3.05, 3.63) is 0 Å². The van der Waals surface area contributed by atoms with Crippen LogP contribution in [0.25, 0.3) is 0 Å². The third-order valence-electron chi connectivity index (χ3n) is 1.74. The Labute approximate surface area is 112 Å². The molecule has 0 saturated heterocycles. The molecule has 0 saturated carbocycles. The lowest BCUT2D eigenvalue weighted by Crippen LogP contribution is -2.46. The van der Waals surface area contributed by atoms with Crippen molar-refractivity contribution in [2.75, 3.05) is 27.7 Å². The van der Waals surface area contributed by atoms with Crippen LogP contribution >= 0.6 is 0 Å². The SMILES string of the molecule is CC[N+](C)(C)C.O=C(NS(=O)(=O)C(F)(F)F)C(F)(F)F. The Hall–Kier alpha value is -1.04. The van der Waals surface area contributed by atoms with Gasteiger partial charge in [0.25, 0.3) is 0 Å². The van der Waals surface area contributed by atoms with Crippen LogP contribution < -0.4 is 4.72 Å². The molecule has 0 radical (unpaired) electrons. The molecule has 12 heteroatoms. The van der Waals surface area contributed by atoms with Crippen LogP contribution in [0.1, 0.15) is 6.92 Å². The fourth-order valence-corrected chi connectivity index (χ4v) is 0.713. The average Bonchev–Trinajstić information content (AvgIpc) is 2.13. The van der Waals surface area contributed by atoms with Crippen LogP contribution in [0.4, 0.5) is 26.3 Å². The first kappa shape index (κ1) is 21.3. The average molecular weight is 333 g/mol. The van der Waals surface area contributed by atoms with Crippen LogP contribution in [0.5, 0.6) is 0 Å².